The fraction of sp³-hybridized carbons (Fsp3) is 0.429. The molecular formula is C14H19BrN2O3. The van der Waals surface area contributed by atoms with E-state index in [1.807, 2.05) is 26.0 Å². The molecule has 0 spiro atoms. The van der Waals surface area contributed by atoms with Crippen molar-refractivity contribution in [2.45, 2.75) is 33.2 Å². The highest BCUT2D eigenvalue weighted by Gasteiger charge is 2.25. The van der Waals surface area contributed by atoms with Crippen molar-refractivity contribution in [3.8, 4) is 0 Å². The molecule has 2 unspecified atom stereocenters. The van der Waals surface area contributed by atoms with Crippen LogP contribution in [-0.4, -0.2) is 23.1 Å². The molecule has 2 amide bonds. The first-order valence-electron chi connectivity index (χ1n) is 6.41. The van der Waals surface area contributed by atoms with Gasteiger partial charge in [0.05, 0.1) is 0 Å². The summed E-state index contributed by atoms with van der Waals surface area (Å²) in [7, 11) is 0. The number of aliphatic carboxylic acids is 1. The number of carboxylic acids is 1. The van der Waals surface area contributed by atoms with Gasteiger partial charge in [-0.1, -0.05) is 36.2 Å². The minimum atomic E-state index is -1.03. The lowest BCUT2D eigenvalue weighted by molar-refractivity contribution is -0.140. The fourth-order valence-corrected chi connectivity index (χ4v) is 2.41. The molecular weight excluding hydrogens is 324 g/mol. The number of hydrogen-bond donors (Lipinski definition) is 3. The number of rotatable bonds is 5. The third-order valence-corrected chi connectivity index (χ3v) is 3.52. The molecule has 0 heterocycles. The van der Waals surface area contributed by atoms with Gasteiger partial charge in [-0.2, -0.15) is 0 Å². The van der Waals surface area contributed by atoms with Gasteiger partial charge in [-0.3, -0.25) is 0 Å². The van der Waals surface area contributed by atoms with Gasteiger partial charge in [-0.15, -0.1) is 0 Å². The lowest BCUT2D eigenvalue weighted by Gasteiger charge is -2.20. The zero-order valence-electron chi connectivity index (χ0n) is 11.7. The summed E-state index contributed by atoms with van der Waals surface area (Å²) >= 11 is 3.35. The van der Waals surface area contributed by atoms with Crippen molar-refractivity contribution < 1.29 is 14.7 Å². The van der Waals surface area contributed by atoms with E-state index in [1.54, 1.807) is 13.0 Å². The molecule has 0 fully saturated rings. The quantitative estimate of drug-likeness (QED) is 0.767. The maximum atomic E-state index is 11.9. The standard InChI is InChI=1S/C14H19BrN2O3/c1-4-9(3)12(13(18)19)17-14(20)16-11-6-8(2)5-10(15)7-11/h5-7,9,12H,4H2,1-3H3,(H,18,19)(H2,16,17,20). The number of aryl methyl sites for hydroxylation is 1. The molecule has 6 heteroatoms. The van der Waals surface area contributed by atoms with Crippen LogP contribution in [0.4, 0.5) is 10.5 Å². The number of carbonyl (C=O) groups excluding carboxylic acids is 1. The number of hydrogen-bond acceptors (Lipinski definition) is 2. The predicted octanol–water partition coefficient (Wildman–Crippen LogP) is 3.38. The summed E-state index contributed by atoms with van der Waals surface area (Å²) in [6.45, 7) is 5.59. The highest BCUT2D eigenvalue weighted by atomic mass is 79.9. The van der Waals surface area contributed by atoms with E-state index in [0.29, 0.717) is 12.1 Å². The second kappa shape index (κ2) is 7.28. The van der Waals surface area contributed by atoms with Crippen LogP contribution in [0.15, 0.2) is 22.7 Å². The van der Waals surface area contributed by atoms with Gasteiger partial charge >= 0.3 is 12.0 Å². The Balaban J connectivity index is 2.73. The largest absolute Gasteiger partial charge is 0.480 e. The number of anilines is 1. The second-order valence-corrected chi connectivity index (χ2v) is 5.73. The van der Waals surface area contributed by atoms with E-state index >= 15 is 0 Å². The Morgan fingerprint density at radius 1 is 1.35 bits per heavy atom. The molecule has 5 nitrogen and oxygen atoms in total. The van der Waals surface area contributed by atoms with Crippen molar-refractivity contribution in [3.63, 3.8) is 0 Å². The summed E-state index contributed by atoms with van der Waals surface area (Å²) in [6.07, 6.45) is 0.674. The molecule has 0 aliphatic carbocycles. The maximum absolute atomic E-state index is 11.9. The van der Waals surface area contributed by atoms with Crippen LogP contribution in [-0.2, 0) is 4.79 Å². The van der Waals surface area contributed by atoms with E-state index in [0.717, 1.165) is 10.0 Å². The lowest BCUT2D eigenvalue weighted by Crippen LogP contribution is -2.46. The van der Waals surface area contributed by atoms with Crippen molar-refractivity contribution in [1.82, 2.24) is 5.32 Å². The first kappa shape index (κ1) is 16.5. The normalized spacial score (nSPS) is 13.4. The van der Waals surface area contributed by atoms with Crippen LogP contribution < -0.4 is 10.6 Å². The van der Waals surface area contributed by atoms with Gasteiger partial charge in [0, 0.05) is 10.2 Å². The molecule has 0 radical (unpaired) electrons. The second-order valence-electron chi connectivity index (χ2n) is 4.82. The summed E-state index contributed by atoms with van der Waals surface area (Å²) in [5, 5.41) is 14.3. The minimum Gasteiger partial charge on any atom is -0.480 e. The van der Waals surface area contributed by atoms with E-state index in [2.05, 4.69) is 26.6 Å². The Morgan fingerprint density at radius 3 is 2.50 bits per heavy atom. The molecule has 110 valence electrons. The predicted molar refractivity (Wildman–Crippen MR) is 81.9 cm³/mol. The number of carboxylic acid groups (broad SMARTS) is 1. The molecule has 2 atom stereocenters. The molecule has 0 saturated carbocycles. The van der Waals surface area contributed by atoms with Gasteiger partial charge < -0.3 is 15.7 Å². The van der Waals surface area contributed by atoms with Crippen molar-refractivity contribution in [3.05, 3.63) is 28.2 Å². The number of urea groups is 1. The minimum absolute atomic E-state index is 0.137. The van der Waals surface area contributed by atoms with E-state index in [9.17, 15) is 9.59 Å². The molecule has 20 heavy (non-hydrogen) atoms. The van der Waals surface area contributed by atoms with Crippen LogP contribution in [0.2, 0.25) is 0 Å². The molecule has 3 N–H and O–H groups in total. The molecule has 0 saturated heterocycles. The topological polar surface area (TPSA) is 78.4 Å². The summed E-state index contributed by atoms with van der Waals surface area (Å²) < 4.78 is 0.851. The van der Waals surface area contributed by atoms with Gasteiger partial charge in [0.2, 0.25) is 0 Å². The van der Waals surface area contributed by atoms with Crippen LogP contribution in [0.1, 0.15) is 25.8 Å². The Morgan fingerprint density at radius 2 is 2.00 bits per heavy atom. The Labute approximate surface area is 126 Å². The average molecular weight is 343 g/mol. The SMILES string of the molecule is CCC(C)C(NC(=O)Nc1cc(C)cc(Br)c1)C(=O)O. The van der Waals surface area contributed by atoms with Crippen LogP contribution in [0, 0.1) is 12.8 Å². The number of nitrogens with one attached hydrogen (secondary N) is 2. The van der Waals surface area contributed by atoms with Crippen molar-refractivity contribution in [2.24, 2.45) is 5.92 Å². The van der Waals surface area contributed by atoms with E-state index in [1.165, 1.54) is 0 Å². The van der Waals surface area contributed by atoms with Gasteiger partial charge in [-0.25, -0.2) is 9.59 Å². The molecule has 0 aliphatic heterocycles. The lowest BCUT2D eigenvalue weighted by atomic mass is 9.99. The Hall–Kier alpha value is -1.56. The van der Waals surface area contributed by atoms with Crippen LogP contribution in [0.25, 0.3) is 0 Å². The molecule has 1 rings (SSSR count). The summed E-state index contributed by atoms with van der Waals surface area (Å²) in [6, 6.07) is 4.07. The number of halogens is 1. The zero-order chi connectivity index (χ0) is 15.3. The zero-order valence-corrected chi connectivity index (χ0v) is 13.3. The first-order valence-corrected chi connectivity index (χ1v) is 7.20. The van der Waals surface area contributed by atoms with Crippen LogP contribution >= 0.6 is 15.9 Å². The monoisotopic (exact) mass is 342 g/mol. The smallest absolute Gasteiger partial charge is 0.326 e. The van der Waals surface area contributed by atoms with Crippen molar-refractivity contribution in [1.29, 1.82) is 0 Å². The van der Waals surface area contributed by atoms with Gasteiger partial charge in [0.25, 0.3) is 0 Å². The van der Waals surface area contributed by atoms with Gasteiger partial charge in [0.15, 0.2) is 0 Å². The van der Waals surface area contributed by atoms with E-state index in [-0.39, 0.29) is 5.92 Å². The Kier molecular flexibility index (Phi) is 6.01. The summed E-state index contributed by atoms with van der Waals surface area (Å²) in [5.74, 6) is -1.16. The number of amides is 2. The third kappa shape index (κ3) is 4.85. The van der Waals surface area contributed by atoms with E-state index in [4.69, 9.17) is 5.11 Å². The molecule has 1 aromatic carbocycles. The van der Waals surface area contributed by atoms with Gasteiger partial charge in [-0.05, 0) is 36.6 Å². The molecule has 0 bridgehead atoms. The average Bonchev–Trinajstić information content (AvgIpc) is 2.33. The Bertz CT molecular complexity index is 485. The number of carbonyl (C=O) groups is 2. The van der Waals surface area contributed by atoms with Crippen LogP contribution in [0.3, 0.4) is 0 Å². The van der Waals surface area contributed by atoms with Gasteiger partial charge in [0.1, 0.15) is 6.04 Å². The number of benzene rings is 1. The van der Waals surface area contributed by atoms with Crippen molar-refractivity contribution in [2.75, 3.05) is 5.32 Å². The first-order chi connectivity index (χ1) is 9.33. The molecule has 0 aliphatic rings. The van der Waals surface area contributed by atoms with Crippen LogP contribution in [0.5, 0.6) is 0 Å². The maximum Gasteiger partial charge on any atom is 0.326 e. The van der Waals surface area contributed by atoms with Crippen molar-refractivity contribution >= 4 is 33.6 Å². The summed E-state index contributed by atoms with van der Waals surface area (Å²) in [4.78, 5) is 23.0. The van der Waals surface area contributed by atoms with E-state index < -0.39 is 18.0 Å². The third-order valence-electron chi connectivity index (χ3n) is 3.07. The fourth-order valence-electron chi connectivity index (χ4n) is 1.80. The molecule has 0 aromatic heterocycles. The molecule has 1 aromatic rings. The highest BCUT2D eigenvalue weighted by Crippen LogP contribution is 2.19. The highest BCUT2D eigenvalue weighted by molar-refractivity contribution is 9.10. The summed E-state index contributed by atoms with van der Waals surface area (Å²) in [5.41, 5.74) is 1.61.